The topological polar surface area (TPSA) is 29.0 Å². The minimum atomic E-state index is 0.467. The van der Waals surface area contributed by atoms with Crippen molar-refractivity contribution in [1.82, 2.24) is 9.97 Å². The predicted octanol–water partition coefficient (Wildman–Crippen LogP) is 3.60. The Balaban J connectivity index is 2.08. The second-order valence-electron chi connectivity index (χ2n) is 5.39. The molecule has 0 spiro atoms. The fourth-order valence-corrected chi connectivity index (χ4v) is 3.16. The van der Waals surface area contributed by atoms with Gasteiger partial charge in [-0.2, -0.15) is 0 Å². The molecule has 0 aromatic carbocycles. The standard InChI is InChI=1S/C14H22BrN3/c1-11(2)13-8-14(17-10-16-13)18-7-3-4-12(9-18)5-6-15/h8,10-12H,3-7,9H2,1-2H3. The van der Waals surface area contributed by atoms with Crippen molar-refractivity contribution in [3.05, 3.63) is 18.1 Å². The van der Waals surface area contributed by atoms with Crippen LogP contribution in [0.3, 0.4) is 0 Å². The van der Waals surface area contributed by atoms with Crippen LogP contribution in [0.2, 0.25) is 0 Å². The van der Waals surface area contributed by atoms with Gasteiger partial charge in [-0.25, -0.2) is 9.97 Å². The molecular weight excluding hydrogens is 290 g/mol. The van der Waals surface area contributed by atoms with E-state index in [2.05, 4.69) is 50.7 Å². The van der Waals surface area contributed by atoms with Gasteiger partial charge in [-0.15, -0.1) is 0 Å². The highest BCUT2D eigenvalue weighted by Gasteiger charge is 2.20. The van der Waals surface area contributed by atoms with Crippen LogP contribution >= 0.6 is 15.9 Å². The van der Waals surface area contributed by atoms with Crippen LogP contribution in [-0.4, -0.2) is 28.4 Å². The molecule has 1 atom stereocenters. The predicted molar refractivity (Wildman–Crippen MR) is 79.5 cm³/mol. The highest BCUT2D eigenvalue weighted by Crippen LogP contribution is 2.25. The van der Waals surface area contributed by atoms with Gasteiger partial charge in [-0.1, -0.05) is 29.8 Å². The Morgan fingerprint density at radius 3 is 3.00 bits per heavy atom. The van der Waals surface area contributed by atoms with Crippen LogP contribution in [0.1, 0.15) is 44.7 Å². The molecule has 2 rings (SSSR count). The number of hydrogen-bond donors (Lipinski definition) is 0. The summed E-state index contributed by atoms with van der Waals surface area (Å²) < 4.78 is 0. The van der Waals surface area contributed by atoms with E-state index in [-0.39, 0.29) is 0 Å². The van der Waals surface area contributed by atoms with E-state index in [1.165, 1.54) is 19.3 Å². The second kappa shape index (κ2) is 6.50. The van der Waals surface area contributed by atoms with Gasteiger partial charge < -0.3 is 4.90 Å². The van der Waals surface area contributed by atoms with Crippen LogP contribution < -0.4 is 4.90 Å². The molecule has 1 aromatic heterocycles. The molecule has 4 heteroatoms. The number of nitrogens with zero attached hydrogens (tertiary/aromatic N) is 3. The summed E-state index contributed by atoms with van der Waals surface area (Å²) in [6.07, 6.45) is 5.60. The van der Waals surface area contributed by atoms with Gasteiger partial charge in [0.05, 0.1) is 0 Å². The lowest BCUT2D eigenvalue weighted by Gasteiger charge is -2.33. The van der Waals surface area contributed by atoms with Gasteiger partial charge in [0.15, 0.2) is 0 Å². The van der Waals surface area contributed by atoms with Gasteiger partial charge in [-0.05, 0) is 31.1 Å². The molecular formula is C14H22BrN3. The lowest BCUT2D eigenvalue weighted by molar-refractivity contribution is 0.406. The number of aromatic nitrogens is 2. The quantitative estimate of drug-likeness (QED) is 0.796. The zero-order valence-electron chi connectivity index (χ0n) is 11.3. The molecule has 1 aromatic rings. The number of halogens is 1. The number of alkyl halides is 1. The fourth-order valence-electron chi connectivity index (χ4n) is 2.51. The van der Waals surface area contributed by atoms with Crippen LogP contribution in [0.15, 0.2) is 12.4 Å². The molecule has 1 aliphatic heterocycles. The van der Waals surface area contributed by atoms with Crippen LogP contribution in [-0.2, 0) is 0 Å². The van der Waals surface area contributed by atoms with Crippen molar-refractivity contribution in [3.8, 4) is 0 Å². The first kappa shape index (κ1) is 13.8. The average molecular weight is 312 g/mol. The van der Waals surface area contributed by atoms with Crippen molar-refractivity contribution in [2.45, 2.75) is 39.0 Å². The van der Waals surface area contributed by atoms with E-state index in [1.807, 2.05) is 0 Å². The third-order valence-electron chi connectivity index (χ3n) is 3.63. The molecule has 1 unspecified atom stereocenters. The van der Waals surface area contributed by atoms with E-state index in [4.69, 9.17) is 0 Å². The largest absolute Gasteiger partial charge is 0.356 e. The second-order valence-corrected chi connectivity index (χ2v) is 6.18. The zero-order valence-corrected chi connectivity index (χ0v) is 12.9. The monoisotopic (exact) mass is 311 g/mol. The van der Waals surface area contributed by atoms with Crippen molar-refractivity contribution in [1.29, 1.82) is 0 Å². The highest BCUT2D eigenvalue weighted by molar-refractivity contribution is 9.09. The van der Waals surface area contributed by atoms with Crippen LogP contribution in [0.5, 0.6) is 0 Å². The van der Waals surface area contributed by atoms with E-state index >= 15 is 0 Å². The number of piperidine rings is 1. The number of rotatable bonds is 4. The maximum atomic E-state index is 4.44. The number of anilines is 1. The molecule has 0 radical (unpaired) electrons. The summed E-state index contributed by atoms with van der Waals surface area (Å²) in [4.78, 5) is 11.2. The Kier molecular flexibility index (Phi) is 4.98. The zero-order chi connectivity index (χ0) is 13.0. The summed E-state index contributed by atoms with van der Waals surface area (Å²) in [5.74, 6) is 2.37. The third-order valence-corrected chi connectivity index (χ3v) is 4.08. The van der Waals surface area contributed by atoms with Crippen molar-refractivity contribution >= 4 is 21.7 Å². The van der Waals surface area contributed by atoms with Crippen LogP contribution in [0.25, 0.3) is 0 Å². The van der Waals surface area contributed by atoms with Crippen molar-refractivity contribution in [2.75, 3.05) is 23.3 Å². The SMILES string of the molecule is CC(C)c1cc(N2CCCC(CCBr)C2)ncn1. The smallest absolute Gasteiger partial charge is 0.132 e. The molecule has 18 heavy (non-hydrogen) atoms. The van der Waals surface area contributed by atoms with Crippen LogP contribution in [0, 0.1) is 5.92 Å². The normalized spacial score (nSPS) is 20.4. The summed E-state index contributed by atoms with van der Waals surface area (Å²) in [5, 5.41) is 1.10. The molecule has 1 fully saturated rings. The molecule has 100 valence electrons. The van der Waals surface area contributed by atoms with E-state index in [9.17, 15) is 0 Å². The highest BCUT2D eigenvalue weighted by atomic mass is 79.9. The summed E-state index contributed by atoms with van der Waals surface area (Å²) >= 11 is 3.55. The Morgan fingerprint density at radius 2 is 2.28 bits per heavy atom. The summed E-state index contributed by atoms with van der Waals surface area (Å²) in [7, 11) is 0. The third kappa shape index (κ3) is 3.44. The number of hydrogen-bond acceptors (Lipinski definition) is 3. The lowest BCUT2D eigenvalue weighted by atomic mass is 9.95. The van der Waals surface area contributed by atoms with Gasteiger partial charge in [0.1, 0.15) is 12.1 Å². The maximum absolute atomic E-state index is 4.44. The van der Waals surface area contributed by atoms with Gasteiger partial charge in [-0.3, -0.25) is 0 Å². The van der Waals surface area contributed by atoms with Crippen molar-refractivity contribution in [2.24, 2.45) is 5.92 Å². The van der Waals surface area contributed by atoms with Gasteiger partial charge in [0.25, 0.3) is 0 Å². The Morgan fingerprint density at radius 1 is 1.44 bits per heavy atom. The Bertz CT molecular complexity index is 379. The molecule has 0 aliphatic carbocycles. The van der Waals surface area contributed by atoms with Gasteiger partial charge in [0.2, 0.25) is 0 Å². The van der Waals surface area contributed by atoms with Crippen molar-refractivity contribution < 1.29 is 0 Å². The molecule has 2 heterocycles. The first-order chi connectivity index (χ1) is 8.70. The summed E-state index contributed by atoms with van der Waals surface area (Å²) in [5.41, 5.74) is 1.14. The van der Waals surface area contributed by atoms with Crippen LogP contribution in [0.4, 0.5) is 5.82 Å². The summed E-state index contributed by atoms with van der Waals surface area (Å²) in [6.45, 7) is 6.62. The molecule has 1 aliphatic rings. The average Bonchev–Trinajstić information content (AvgIpc) is 2.39. The molecule has 1 saturated heterocycles. The minimum absolute atomic E-state index is 0.467. The molecule has 0 N–H and O–H groups in total. The molecule has 0 saturated carbocycles. The first-order valence-electron chi connectivity index (χ1n) is 6.83. The fraction of sp³-hybridized carbons (Fsp3) is 0.714. The lowest BCUT2D eigenvalue weighted by Crippen LogP contribution is -2.36. The van der Waals surface area contributed by atoms with Gasteiger partial charge >= 0.3 is 0 Å². The van der Waals surface area contributed by atoms with Gasteiger partial charge in [0, 0.05) is 30.2 Å². The summed E-state index contributed by atoms with van der Waals surface area (Å²) in [6, 6.07) is 2.15. The molecule has 0 amide bonds. The van der Waals surface area contributed by atoms with E-state index in [1.54, 1.807) is 6.33 Å². The van der Waals surface area contributed by atoms with E-state index in [0.29, 0.717) is 5.92 Å². The Hall–Kier alpha value is -0.640. The van der Waals surface area contributed by atoms with Crippen molar-refractivity contribution in [3.63, 3.8) is 0 Å². The minimum Gasteiger partial charge on any atom is -0.356 e. The maximum Gasteiger partial charge on any atom is 0.132 e. The Labute approximate surface area is 118 Å². The first-order valence-corrected chi connectivity index (χ1v) is 7.95. The molecule has 3 nitrogen and oxygen atoms in total. The van der Waals surface area contributed by atoms with E-state index in [0.717, 1.165) is 35.8 Å². The van der Waals surface area contributed by atoms with E-state index < -0.39 is 0 Å². The molecule has 0 bridgehead atoms.